The molecule has 4 heteroatoms. The third-order valence-electron chi connectivity index (χ3n) is 3.92. The molecule has 1 fully saturated rings. The Morgan fingerprint density at radius 2 is 2.32 bits per heavy atom. The van der Waals surface area contributed by atoms with Crippen LogP contribution in [0, 0.1) is 0 Å². The summed E-state index contributed by atoms with van der Waals surface area (Å²) in [6.45, 7) is 4.65. The summed E-state index contributed by atoms with van der Waals surface area (Å²) in [7, 11) is 0. The Hall–Kier alpha value is -1.55. The van der Waals surface area contributed by atoms with E-state index in [0.717, 1.165) is 42.7 Å². The molecule has 1 aliphatic rings. The van der Waals surface area contributed by atoms with Gasteiger partial charge in [-0.3, -0.25) is 0 Å². The van der Waals surface area contributed by atoms with Gasteiger partial charge in [0.1, 0.15) is 6.67 Å². The maximum atomic E-state index is 13.0. The minimum atomic E-state index is -0.449. The maximum absolute atomic E-state index is 13.0. The topological polar surface area (TPSA) is 28.4 Å². The van der Waals surface area contributed by atoms with Crippen molar-refractivity contribution in [2.75, 3.05) is 24.5 Å². The van der Waals surface area contributed by atoms with Crippen LogP contribution in [0.5, 0.6) is 0 Å². The first-order valence-corrected chi connectivity index (χ1v) is 6.87. The molecule has 3 rings (SSSR count). The Morgan fingerprint density at radius 3 is 3.11 bits per heavy atom. The van der Waals surface area contributed by atoms with E-state index in [1.54, 1.807) is 6.26 Å². The molecular weight excluding hydrogens is 243 g/mol. The number of rotatable bonds is 3. The van der Waals surface area contributed by atoms with E-state index in [1.807, 2.05) is 18.2 Å². The Morgan fingerprint density at radius 1 is 1.42 bits per heavy atom. The molecule has 2 heterocycles. The largest absolute Gasteiger partial charge is 0.462 e. The Kier molecular flexibility index (Phi) is 3.42. The zero-order chi connectivity index (χ0) is 13.2. The fourth-order valence-electron chi connectivity index (χ4n) is 2.79. The molecule has 3 nitrogen and oxygen atoms in total. The highest BCUT2D eigenvalue weighted by Crippen LogP contribution is 2.31. The molecule has 1 aliphatic heterocycles. The first kappa shape index (κ1) is 12.5. The van der Waals surface area contributed by atoms with E-state index in [2.05, 4.69) is 17.1 Å². The summed E-state index contributed by atoms with van der Waals surface area (Å²) in [6.07, 6.45) is 2.76. The molecule has 0 amide bonds. The van der Waals surface area contributed by atoms with Crippen LogP contribution in [0.1, 0.15) is 18.9 Å². The van der Waals surface area contributed by atoms with Crippen LogP contribution in [-0.4, -0.2) is 25.7 Å². The quantitative estimate of drug-likeness (QED) is 0.921. The number of hydrogen-bond acceptors (Lipinski definition) is 3. The van der Waals surface area contributed by atoms with Gasteiger partial charge in [0.05, 0.1) is 12.0 Å². The molecule has 0 unspecified atom stereocenters. The molecule has 0 spiro atoms. The molecule has 0 bridgehead atoms. The van der Waals surface area contributed by atoms with Crippen LogP contribution in [-0.2, 0) is 6.67 Å². The monoisotopic (exact) mass is 262 g/mol. The second-order valence-electron chi connectivity index (χ2n) is 5.05. The predicted octanol–water partition coefficient (Wildman–Crippen LogP) is 3.09. The Bertz CT molecular complexity index is 566. The van der Waals surface area contributed by atoms with Gasteiger partial charge in [-0.1, -0.05) is 13.0 Å². The van der Waals surface area contributed by atoms with Gasteiger partial charge in [0.15, 0.2) is 5.58 Å². The first-order chi connectivity index (χ1) is 9.33. The number of benzene rings is 1. The fraction of sp³-hybridized carbons (Fsp3) is 0.467. The van der Waals surface area contributed by atoms with Crippen molar-refractivity contribution < 1.29 is 8.81 Å². The first-order valence-electron chi connectivity index (χ1n) is 6.87. The van der Waals surface area contributed by atoms with Crippen molar-refractivity contribution in [3.63, 3.8) is 0 Å². The van der Waals surface area contributed by atoms with Gasteiger partial charge in [-0.15, -0.1) is 0 Å². The van der Waals surface area contributed by atoms with E-state index in [-0.39, 0.29) is 0 Å². The van der Waals surface area contributed by atoms with Crippen molar-refractivity contribution in [3.8, 4) is 0 Å². The lowest BCUT2D eigenvalue weighted by Gasteiger charge is -2.35. The second kappa shape index (κ2) is 5.21. The zero-order valence-electron chi connectivity index (χ0n) is 11.2. The summed E-state index contributed by atoms with van der Waals surface area (Å²) in [5.74, 6) is 0. The van der Waals surface area contributed by atoms with E-state index < -0.39 is 6.67 Å². The van der Waals surface area contributed by atoms with Crippen LogP contribution < -0.4 is 10.2 Å². The van der Waals surface area contributed by atoms with E-state index in [9.17, 15) is 4.39 Å². The highest BCUT2D eigenvalue weighted by Gasteiger charge is 2.21. The van der Waals surface area contributed by atoms with E-state index in [0.29, 0.717) is 11.6 Å². The minimum Gasteiger partial charge on any atom is -0.462 e. The van der Waals surface area contributed by atoms with Gasteiger partial charge in [0, 0.05) is 31.1 Å². The maximum Gasteiger partial charge on any atom is 0.157 e. The van der Waals surface area contributed by atoms with Crippen LogP contribution in [0.25, 0.3) is 11.0 Å². The average Bonchev–Trinajstić information content (AvgIpc) is 2.95. The molecule has 0 radical (unpaired) electrons. The number of piperazine rings is 1. The minimum absolute atomic E-state index is 0.449. The number of halogens is 1. The van der Waals surface area contributed by atoms with Crippen LogP contribution in [0.2, 0.25) is 0 Å². The van der Waals surface area contributed by atoms with Gasteiger partial charge < -0.3 is 14.6 Å². The second-order valence-corrected chi connectivity index (χ2v) is 5.05. The summed E-state index contributed by atoms with van der Waals surface area (Å²) in [6, 6.07) is 6.22. The summed E-state index contributed by atoms with van der Waals surface area (Å²) >= 11 is 0. The summed E-state index contributed by atoms with van der Waals surface area (Å²) < 4.78 is 18.5. The number of anilines is 1. The number of hydrogen-bond donors (Lipinski definition) is 1. The van der Waals surface area contributed by atoms with Crippen molar-refractivity contribution in [1.29, 1.82) is 0 Å². The van der Waals surface area contributed by atoms with Gasteiger partial charge in [0.2, 0.25) is 0 Å². The summed E-state index contributed by atoms with van der Waals surface area (Å²) in [4.78, 5) is 2.33. The highest BCUT2D eigenvalue weighted by atomic mass is 19.1. The van der Waals surface area contributed by atoms with Crippen LogP contribution >= 0.6 is 0 Å². The van der Waals surface area contributed by atoms with Crippen molar-refractivity contribution in [2.45, 2.75) is 26.1 Å². The average molecular weight is 262 g/mol. The van der Waals surface area contributed by atoms with Crippen LogP contribution in [0.15, 0.2) is 28.9 Å². The number of nitrogens with one attached hydrogen (secondary N) is 1. The molecule has 1 N–H and O–H groups in total. The molecule has 0 aliphatic carbocycles. The fourth-order valence-corrected chi connectivity index (χ4v) is 2.79. The Labute approximate surface area is 112 Å². The van der Waals surface area contributed by atoms with E-state index in [1.165, 1.54) is 0 Å². The van der Waals surface area contributed by atoms with Gasteiger partial charge in [-0.05, 0) is 24.1 Å². The molecule has 19 heavy (non-hydrogen) atoms. The number of fused-ring (bicyclic) bond motifs is 1. The zero-order valence-corrected chi connectivity index (χ0v) is 11.2. The highest BCUT2D eigenvalue weighted by molar-refractivity contribution is 5.92. The summed E-state index contributed by atoms with van der Waals surface area (Å²) in [5, 5.41) is 4.40. The lowest BCUT2D eigenvalue weighted by molar-refractivity contribution is 0.446. The lowest BCUT2D eigenvalue weighted by atomic mass is 10.1. The van der Waals surface area contributed by atoms with Gasteiger partial charge >= 0.3 is 0 Å². The third kappa shape index (κ3) is 2.21. The third-order valence-corrected chi connectivity index (χ3v) is 3.92. The SMILES string of the molecule is CC[C@H]1CN(c2ccc(CF)c3ccoc23)CCN1. The Balaban J connectivity index is 1.98. The van der Waals surface area contributed by atoms with E-state index in [4.69, 9.17) is 4.42 Å². The molecular formula is C15H19FN2O. The standard InChI is InChI=1S/C15H19FN2O/c1-2-12-10-18(7-6-17-12)14-4-3-11(9-16)13-5-8-19-15(13)14/h3-5,8,12,17H,2,6-7,9-10H2,1H3/t12-/m0/s1. The molecule has 1 saturated heterocycles. The van der Waals surface area contributed by atoms with Gasteiger partial charge in [-0.2, -0.15) is 0 Å². The van der Waals surface area contributed by atoms with E-state index >= 15 is 0 Å². The molecule has 1 aromatic carbocycles. The van der Waals surface area contributed by atoms with Gasteiger partial charge in [0.25, 0.3) is 0 Å². The number of nitrogens with zero attached hydrogens (tertiary/aromatic N) is 1. The summed E-state index contributed by atoms with van der Waals surface area (Å²) in [5.41, 5.74) is 2.60. The normalized spacial score (nSPS) is 20.1. The predicted molar refractivity (Wildman–Crippen MR) is 75.3 cm³/mol. The molecule has 0 saturated carbocycles. The lowest BCUT2D eigenvalue weighted by Crippen LogP contribution is -2.50. The molecule has 102 valence electrons. The number of furan rings is 1. The van der Waals surface area contributed by atoms with Gasteiger partial charge in [-0.25, -0.2) is 4.39 Å². The van der Waals surface area contributed by atoms with Crippen LogP contribution in [0.4, 0.5) is 10.1 Å². The molecule has 1 aromatic heterocycles. The smallest absolute Gasteiger partial charge is 0.157 e. The molecule has 1 atom stereocenters. The van der Waals surface area contributed by atoms with Crippen molar-refractivity contribution in [3.05, 3.63) is 30.0 Å². The van der Waals surface area contributed by atoms with Crippen molar-refractivity contribution in [1.82, 2.24) is 5.32 Å². The molecule has 2 aromatic rings. The van der Waals surface area contributed by atoms with Crippen molar-refractivity contribution in [2.24, 2.45) is 0 Å². The number of alkyl halides is 1. The van der Waals surface area contributed by atoms with Crippen LogP contribution in [0.3, 0.4) is 0 Å². The van der Waals surface area contributed by atoms with Crippen molar-refractivity contribution >= 4 is 16.7 Å².